The molecule has 1 atom stereocenters. The molecule has 2 heteroatoms. The maximum Gasteiger partial charge on any atom is 0.0947 e. The zero-order valence-corrected chi connectivity index (χ0v) is 10.6. The van der Waals surface area contributed by atoms with E-state index in [9.17, 15) is 0 Å². The van der Waals surface area contributed by atoms with Gasteiger partial charge in [0.15, 0.2) is 0 Å². The van der Waals surface area contributed by atoms with Gasteiger partial charge in [-0.1, -0.05) is 40.0 Å². The summed E-state index contributed by atoms with van der Waals surface area (Å²) >= 11 is 0. The Morgan fingerprint density at radius 2 is 2.00 bits per heavy atom. The quantitative estimate of drug-likeness (QED) is 0.697. The number of aromatic nitrogens is 2. The van der Waals surface area contributed by atoms with E-state index in [1.165, 1.54) is 37.8 Å². The first-order chi connectivity index (χ1) is 7.12. The molecule has 0 spiro atoms. The Morgan fingerprint density at radius 1 is 1.27 bits per heavy atom. The highest BCUT2D eigenvalue weighted by atomic mass is 15.0. The molecule has 1 rings (SSSR count). The van der Waals surface area contributed by atoms with Gasteiger partial charge in [-0.2, -0.15) is 0 Å². The molecule has 15 heavy (non-hydrogen) atoms. The van der Waals surface area contributed by atoms with Gasteiger partial charge in [-0.05, 0) is 12.8 Å². The Hall–Kier alpha value is -0.790. The van der Waals surface area contributed by atoms with Crippen molar-refractivity contribution >= 4 is 0 Å². The molecule has 0 N–H and O–H groups in total. The van der Waals surface area contributed by atoms with Crippen molar-refractivity contribution in [3.8, 4) is 0 Å². The number of rotatable bonds is 6. The van der Waals surface area contributed by atoms with Crippen LogP contribution in [0.1, 0.15) is 58.6 Å². The number of unbranched alkanes of at least 4 members (excludes halogenated alkanes) is 1. The average molecular weight is 208 g/mol. The van der Waals surface area contributed by atoms with Gasteiger partial charge >= 0.3 is 0 Å². The summed E-state index contributed by atoms with van der Waals surface area (Å²) in [4.78, 5) is 4.52. The molecule has 0 aliphatic rings. The van der Waals surface area contributed by atoms with Gasteiger partial charge in [0.2, 0.25) is 0 Å². The fourth-order valence-electron chi connectivity index (χ4n) is 2.22. The van der Waals surface area contributed by atoms with Crippen molar-refractivity contribution in [1.29, 1.82) is 0 Å². The molecule has 1 aromatic heterocycles. The molecular formula is C13H24N2. The molecule has 0 fully saturated rings. The van der Waals surface area contributed by atoms with Crippen LogP contribution in [-0.2, 0) is 12.5 Å². The Kier molecular flexibility index (Phi) is 4.37. The van der Waals surface area contributed by atoms with E-state index in [2.05, 4.69) is 36.5 Å². The van der Waals surface area contributed by atoms with Crippen LogP contribution in [0.5, 0.6) is 0 Å². The van der Waals surface area contributed by atoms with Crippen LogP contribution in [-0.4, -0.2) is 9.55 Å². The second kappa shape index (κ2) is 5.34. The van der Waals surface area contributed by atoms with Gasteiger partial charge in [-0.3, -0.25) is 0 Å². The summed E-state index contributed by atoms with van der Waals surface area (Å²) < 4.78 is 2.05. The van der Waals surface area contributed by atoms with Crippen LogP contribution < -0.4 is 0 Å². The third kappa shape index (κ3) is 3.08. The first kappa shape index (κ1) is 12.3. The van der Waals surface area contributed by atoms with Crippen molar-refractivity contribution in [1.82, 2.24) is 9.55 Å². The fourth-order valence-corrected chi connectivity index (χ4v) is 2.22. The standard InChI is InChI=1S/C13H24N2/c1-5-7-9-13(3,8-6-2)12-10-15(4)11-14-12/h10-11H,5-9H2,1-4H3. The fraction of sp³-hybridized carbons (Fsp3) is 0.769. The van der Waals surface area contributed by atoms with Crippen molar-refractivity contribution in [2.75, 3.05) is 0 Å². The number of imidazole rings is 1. The number of hydrogen-bond donors (Lipinski definition) is 0. The third-order valence-electron chi connectivity index (χ3n) is 3.21. The van der Waals surface area contributed by atoms with Crippen LogP contribution in [0.15, 0.2) is 12.5 Å². The van der Waals surface area contributed by atoms with Gasteiger partial charge in [0, 0.05) is 18.7 Å². The molecule has 1 unspecified atom stereocenters. The summed E-state index contributed by atoms with van der Waals surface area (Å²) in [6, 6.07) is 0. The molecule has 0 aliphatic carbocycles. The largest absolute Gasteiger partial charge is 0.340 e. The minimum Gasteiger partial charge on any atom is -0.340 e. The lowest BCUT2D eigenvalue weighted by atomic mass is 9.78. The van der Waals surface area contributed by atoms with Crippen LogP contribution in [0.25, 0.3) is 0 Å². The predicted octanol–water partition coefficient (Wildman–Crippen LogP) is 3.67. The van der Waals surface area contributed by atoms with Crippen molar-refractivity contribution in [3.05, 3.63) is 18.2 Å². The molecule has 86 valence electrons. The Labute approximate surface area is 93.7 Å². The molecule has 0 radical (unpaired) electrons. The Balaban J connectivity index is 2.79. The molecule has 1 aromatic rings. The van der Waals surface area contributed by atoms with Gasteiger partial charge in [-0.25, -0.2) is 4.98 Å². The Morgan fingerprint density at radius 3 is 2.47 bits per heavy atom. The first-order valence-electron chi connectivity index (χ1n) is 6.11. The van der Waals surface area contributed by atoms with Crippen LogP contribution >= 0.6 is 0 Å². The van der Waals surface area contributed by atoms with Crippen LogP contribution in [0.2, 0.25) is 0 Å². The van der Waals surface area contributed by atoms with Crippen LogP contribution in [0, 0.1) is 0 Å². The lowest BCUT2D eigenvalue weighted by Gasteiger charge is -2.27. The molecule has 1 heterocycles. The van der Waals surface area contributed by atoms with Crippen molar-refractivity contribution in [3.63, 3.8) is 0 Å². The highest BCUT2D eigenvalue weighted by Gasteiger charge is 2.27. The van der Waals surface area contributed by atoms with E-state index >= 15 is 0 Å². The van der Waals surface area contributed by atoms with Gasteiger partial charge < -0.3 is 4.57 Å². The SMILES string of the molecule is CCCCC(C)(CCC)c1cn(C)cn1. The first-order valence-corrected chi connectivity index (χ1v) is 6.11. The highest BCUT2D eigenvalue weighted by Crippen LogP contribution is 2.32. The molecule has 0 amide bonds. The molecule has 0 aromatic carbocycles. The maximum atomic E-state index is 4.52. The topological polar surface area (TPSA) is 17.8 Å². The van der Waals surface area contributed by atoms with E-state index in [0.29, 0.717) is 0 Å². The van der Waals surface area contributed by atoms with Gasteiger partial charge in [0.05, 0.1) is 12.0 Å². The molecule has 0 aliphatic heterocycles. The molecule has 0 saturated carbocycles. The monoisotopic (exact) mass is 208 g/mol. The number of nitrogens with zero attached hydrogens (tertiary/aromatic N) is 2. The summed E-state index contributed by atoms with van der Waals surface area (Å²) in [6.45, 7) is 6.87. The Bertz CT molecular complexity index is 290. The summed E-state index contributed by atoms with van der Waals surface area (Å²) in [5.74, 6) is 0. The van der Waals surface area contributed by atoms with E-state index in [1.807, 2.05) is 13.4 Å². The number of aryl methyl sites for hydroxylation is 1. The van der Waals surface area contributed by atoms with E-state index in [1.54, 1.807) is 0 Å². The third-order valence-corrected chi connectivity index (χ3v) is 3.21. The van der Waals surface area contributed by atoms with Crippen LogP contribution in [0.3, 0.4) is 0 Å². The molecule has 2 nitrogen and oxygen atoms in total. The normalized spacial score (nSPS) is 15.2. The van der Waals surface area contributed by atoms with Gasteiger partial charge in [0.1, 0.15) is 0 Å². The molecule has 0 bridgehead atoms. The zero-order valence-electron chi connectivity index (χ0n) is 10.6. The van der Waals surface area contributed by atoms with E-state index in [4.69, 9.17) is 0 Å². The molecular weight excluding hydrogens is 184 g/mol. The summed E-state index contributed by atoms with van der Waals surface area (Å²) in [5, 5.41) is 0. The number of hydrogen-bond acceptors (Lipinski definition) is 1. The minimum atomic E-state index is 0.284. The zero-order chi connectivity index (χ0) is 11.3. The minimum absolute atomic E-state index is 0.284. The van der Waals surface area contributed by atoms with Gasteiger partial charge in [0.25, 0.3) is 0 Å². The van der Waals surface area contributed by atoms with Crippen molar-refractivity contribution < 1.29 is 0 Å². The van der Waals surface area contributed by atoms with Crippen molar-refractivity contribution in [2.24, 2.45) is 7.05 Å². The van der Waals surface area contributed by atoms with E-state index in [-0.39, 0.29) is 5.41 Å². The average Bonchev–Trinajstić information content (AvgIpc) is 2.63. The van der Waals surface area contributed by atoms with Crippen molar-refractivity contribution in [2.45, 2.75) is 58.3 Å². The summed E-state index contributed by atoms with van der Waals surface area (Å²) in [5.41, 5.74) is 1.55. The second-order valence-electron chi connectivity index (χ2n) is 4.84. The van der Waals surface area contributed by atoms with Gasteiger partial charge in [-0.15, -0.1) is 0 Å². The van der Waals surface area contributed by atoms with E-state index < -0.39 is 0 Å². The highest BCUT2D eigenvalue weighted by molar-refractivity contribution is 5.12. The smallest absolute Gasteiger partial charge is 0.0947 e. The lowest BCUT2D eigenvalue weighted by Crippen LogP contribution is -2.22. The van der Waals surface area contributed by atoms with E-state index in [0.717, 1.165) is 0 Å². The van der Waals surface area contributed by atoms with Crippen LogP contribution in [0.4, 0.5) is 0 Å². The summed E-state index contributed by atoms with van der Waals surface area (Å²) in [6.07, 6.45) is 10.4. The summed E-state index contributed by atoms with van der Waals surface area (Å²) in [7, 11) is 2.04. The molecule has 0 saturated heterocycles. The maximum absolute atomic E-state index is 4.52. The lowest BCUT2D eigenvalue weighted by molar-refractivity contribution is 0.374. The predicted molar refractivity (Wildman–Crippen MR) is 65.0 cm³/mol. The second-order valence-corrected chi connectivity index (χ2v) is 4.84.